The number of hydrogen-bond donors (Lipinski definition) is 1. The van der Waals surface area contributed by atoms with Crippen LogP contribution in [-0.4, -0.2) is 43.1 Å². The van der Waals surface area contributed by atoms with E-state index in [0.717, 1.165) is 37.5 Å². The van der Waals surface area contributed by atoms with Crippen LogP contribution in [0.5, 0.6) is 0 Å². The van der Waals surface area contributed by atoms with Crippen molar-refractivity contribution in [3.63, 3.8) is 0 Å². The third kappa shape index (κ3) is 4.36. The van der Waals surface area contributed by atoms with Crippen LogP contribution in [0, 0.1) is 28.6 Å². The molecule has 0 saturated heterocycles. The molecule has 8 heteroatoms. The van der Waals surface area contributed by atoms with Crippen molar-refractivity contribution in [3.8, 4) is 0 Å². The second-order valence-corrected chi connectivity index (χ2v) is 9.10. The molecule has 4 aliphatic carbocycles. The van der Waals surface area contributed by atoms with E-state index in [-0.39, 0.29) is 35.8 Å². The maximum absolute atomic E-state index is 11.8. The Hall–Kier alpha value is -0.248. The van der Waals surface area contributed by atoms with Crippen molar-refractivity contribution in [1.29, 1.82) is 0 Å². The van der Waals surface area contributed by atoms with Gasteiger partial charge in [0.2, 0.25) is 0 Å². The number of carbonyl (C=O) groups excluding carboxylic acids is 1. The second kappa shape index (κ2) is 7.88. The van der Waals surface area contributed by atoms with E-state index in [9.17, 15) is 27.2 Å². The summed E-state index contributed by atoms with van der Waals surface area (Å²) in [5.41, 5.74) is 1.89. The molecule has 1 N–H and O–H groups in total. The van der Waals surface area contributed by atoms with E-state index in [1.807, 2.05) is 6.08 Å². The molecule has 0 aromatic heterocycles. The van der Waals surface area contributed by atoms with Gasteiger partial charge < -0.3 is 22.4 Å². The standard InChI is InChI=1S/C19H28O2.BF4.Li.H/c1-18-9-7-13(20)11-12(18)3-4-14-15-5-6-17(21)19(15,2)10-8-16(14)18;2-1(3,4)5;;/h11,14-17,21H,3-10H2,1-2H3;;;/q;-1;;/t14?,15?,16?,17-,18-,19-;;;/m0.../s1. The fraction of sp³-hybridized carbons (Fsp3) is 0.842. The Kier molecular flexibility index (Phi) is 6.72. The number of fused-ring (bicyclic) bond motifs is 5. The van der Waals surface area contributed by atoms with Crippen LogP contribution in [0.4, 0.5) is 17.3 Å². The van der Waals surface area contributed by atoms with Gasteiger partial charge in [0.1, 0.15) is 0 Å². The van der Waals surface area contributed by atoms with Crippen LogP contribution < -0.4 is 0 Å². The van der Waals surface area contributed by atoms with Gasteiger partial charge in [-0.2, -0.15) is 0 Å². The van der Waals surface area contributed by atoms with Crippen molar-refractivity contribution in [2.75, 3.05) is 0 Å². The molecule has 0 aromatic carbocycles. The molecule has 150 valence electrons. The molecule has 0 spiro atoms. The monoisotopic (exact) mass is 383 g/mol. The molecule has 0 amide bonds. The Morgan fingerprint density at radius 3 is 2.26 bits per heavy atom. The first kappa shape index (κ1) is 23.0. The Morgan fingerprint density at radius 1 is 1.00 bits per heavy atom. The minimum absolute atomic E-state index is 0. The minimum atomic E-state index is -6.00. The summed E-state index contributed by atoms with van der Waals surface area (Å²) >= 11 is 0. The first-order chi connectivity index (χ1) is 11.9. The Morgan fingerprint density at radius 2 is 1.63 bits per heavy atom. The van der Waals surface area contributed by atoms with Crippen LogP contribution in [0.1, 0.15) is 65.2 Å². The van der Waals surface area contributed by atoms with Gasteiger partial charge >= 0.3 is 26.1 Å². The molecular weight excluding hydrogens is 354 g/mol. The molecule has 4 aliphatic rings. The van der Waals surface area contributed by atoms with Crippen molar-refractivity contribution < 1.29 is 27.2 Å². The summed E-state index contributed by atoms with van der Waals surface area (Å²) in [5.74, 6) is 2.57. The molecule has 0 aromatic rings. The zero-order valence-electron chi connectivity index (χ0n) is 15.5. The summed E-state index contributed by atoms with van der Waals surface area (Å²) < 4.78 is 39.0. The van der Waals surface area contributed by atoms with Crippen LogP contribution >= 0.6 is 0 Å². The normalized spacial score (nSPS) is 43.2. The first-order valence-corrected chi connectivity index (χ1v) is 9.74. The molecule has 0 bridgehead atoms. The number of carbonyl (C=O) groups is 1. The van der Waals surface area contributed by atoms with Gasteiger partial charge in [0.05, 0.1) is 6.10 Å². The molecule has 2 nitrogen and oxygen atoms in total. The topological polar surface area (TPSA) is 37.3 Å². The summed E-state index contributed by atoms with van der Waals surface area (Å²) in [6, 6.07) is 0. The molecule has 0 heterocycles. The van der Waals surface area contributed by atoms with Gasteiger partial charge in [0.15, 0.2) is 5.78 Å². The third-order valence-electron chi connectivity index (χ3n) is 7.91. The number of hydrogen-bond acceptors (Lipinski definition) is 2. The van der Waals surface area contributed by atoms with Crippen molar-refractivity contribution >= 4 is 31.9 Å². The second-order valence-electron chi connectivity index (χ2n) is 9.10. The van der Waals surface area contributed by atoms with Gasteiger partial charge in [-0.3, -0.25) is 4.79 Å². The number of ketones is 1. The predicted molar refractivity (Wildman–Crippen MR) is 100 cm³/mol. The van der Waals surface area contributed by atoms with Crippen molar-refractivity contribution in [1.82, 2.24) is 0 Å². The summed E-state index contributed by atoms with van der Waals surface area (Å²) in [4.78, 5) is 11.8. The van der Waals surface area contributed by atoms with E-state index in [4.69, 9.17) is 0 Å². The van der Waals surface area contributed by atoms with Crippen molar-refractivity contribution in [2.24, 2.45) is 28.6 Å². The molecule has 3 saturated carbocycles. The average Bonchev–Trinajstić information content (AvgIpc) is 2.82. The van der Waals surface area contributed by atoms with Gasteiger partial charge in [0.25, 0.3) is 0 Å². The molecule has 6 atom stereocenters. The number of aliphatic hydroxyl groups excluding tert-OH is 1. The summed E-state index contributed by atoms with van der Waals surface area (Å²) in [5, 5.41) is 10.4. The summed E-state index contributed by atoms with van der Waals surface area (Å²) in [7, 11) is -6.00. The molecule has 4 rings (SSSR count). The van der Waals surface area contributed by atoms with Gasteiger partial charge in [-0.15, -0.1) is 0 Å². The molecular formula is C19H29BF4LiO2-. The fourth-order valence-corrected chi connectivity index (χ4v) is 6.53. The Balaban J connectivity index is 0.000000390. The van der Waals surface area contributed by atoms with Crippen LogP contribution in [0.25, 0.3) is 0 Å². The molecule has 0 radical (unpaired) electrons. The van der Waals surface area contributed by atoms with Crippen LogP contribution in [0.15, 0.2) is 11.6 Å². The number of aliphatic hydroxyl groups is 1. The summed E-state index contributed by atoms with van der Waals surface area (Å²) in [6.07, 6.45) is 10.7. The Bertz CT molecular complexity index is 605. The van der Waals surface area contributed by atoms with E-state index >= 15 is 0 Å². The van der Waals surface area contributed by atoms with Gasteiger partial charge in [-0.25, -0.2) is 0 Å². The molecule has 0 aliphatic heterocycles. The zero-order chi connectivity index (χ0) is 19.3. The van der Waals surface area contributed by atoms with E-state index in [0.29, 0.717) is 11.7 Å². The predicted octanol–water partition coefficient (Wildman–Crippen LogP) is 4.53. The first-order valence-electron chi connectivity index (χ1n) is 9.74. The van der Waals surface area contributed by atoms with Crippen molar-refractivity contribution in [2.45, 2.75) is 71.3 Å². The SMILES string of the molecule is C[C@]12CCC(=O)C=C1CCC1C2CC[C@@]2(C)C1CC[C@@H]2O.F[B-](F)(F)F.[LiH]. The quantitative estimate of drug-likeness (QED) is 0.493. The van der Waals surface area contributed by atoms with Gasteiger partial charge in [-0.1, -0.05) is 19.4 Å². The number of rotatable bonds is 0. The molecule has 3 fully saturated rings. The fourth-order valence-electron chi connectivity index (χ4n) is 6.53. The summed E-state index contributed by atoms with van der Waals surface area (Å²) in [6.45, 7) is 4.76. The van der Waals surface area contributed by atoms with E-state index < -0.39 is 7.25 Å². The Labute approximate surface area is 170 Å². The van der Waals surface area contributed by atoms with Crippen LogP contribution in [-0.2, 0) is 4.79 Å². The molecule has 27 heavy (non-hydrogen) atoms. The zero-order valence-corrected chi connectivity index (χ0v) is 15.5. The average molecular weight is 383 g/mol. The molecule has 3 unspecified atom stereocenters. The van der Waals surface area contributed by atoms with Gasteiger partial charge in [-0.05, 0) is 79.6 Å². The van der Waals surface area contributed by atoms with E-state index in [2.05, 4.69) is 13.8 Å². The van der Waals surface area contributed by atoms with Crippen LogP contribution in [0.3, 0.4) is 0 Å². The van der Waals surface area contributed by atoms with Crippen molar-refractivity contribution in [3.05, 3.63) is 11.6 Å². The van der Waals surface area contributed by atoms with E-state index in [1.54, 1.807) is 0 Å². The third-order valence-corrected chi connectivity index (χ3v) is 7.91. The van der Waals surface area contributed by atoms with E-state index in [1.165, 1.54) is 31.3 Å². The van der Waals surface area contributed by atoms with Crippen LogP contribution in [0.2, 0.25) is 0 Å². The number of halogens is 4. The van der Waals surface area contributed by atoms with Gasteiger partial charge in [0, 0.05) is 6.42 Å². The number of allylic oxidation sites excluding steroid dienone is 1. The maximum atomic E-state index is 11.8.